The van der Waals surface area contributed by atoms with Gasteiger partial charge < -0.3 is 5.73 Å². The molecule has 2 N–H and O–H groups in total. The van der Waals surface area contributed by atoms with Gasteiger partial charge in [0.05, 0.1) is 0 Å². The Bertz CT molecular complexity index is 537. The van der Waals surface area contributed by atoms with E-state index in [-0.39, 0.29) is 5.82 Å². The van der Waals surface area contributed by atoms with Crippen molar-refractivity contribution < 1.29 is 4.39 Å². The van der Waals surface area contributed by atoms with Gasteiger partial charge in [-0.3, -0.25) is 4.98 Å². The molecule has 0 saturated carbocycles. The number of hydrogen-bond donors (Lipinski definition) is 1. The molecule has 0 amide bonds. The minimum atomic E-state index is -0.257. The zero-order valence-corrected chi connectivity index (χ0v) is 10.2. The van der Waals surface area contributed by atoms with E-state index in [0.29, 0.717) is 18.0 Å². The monoisotopic (exact) mass is 232 g/mol. The van der Waals surface area contributed by atoms with Gasteiger partial charge in [-0.15, -0.1) is 0 Å². The highest BCUT2D eigenvalue weighted by molar-refractivity contribution is 5.82. The number of para-hydroxylation sites is 1. The Morgan fingerprint density at radius 2 is 2.18 bits per heavy atom. The largest absolute Gasteiger partial charge is 0.330 e. The van der Waals surface area contributed by atoms with E-state index in [9.17, 15) is 4.39 Å². The van der Waals surface area contributed by atoms with Crippen LogP contribution in [0.5, 0.6) is 0 Å². The molecule has 2 aromatic rings. The third-order valence-electron chi connectivity index (χ3n) is 2.97. The number of nitrogens with two attached hydrogens (primary N) is 1. The number of halogens is 1. The summed E-state index contributed by atoms with van der Waals surface area (Å²) in [5.74, 6) is 0.135. The number of rotatable bonds is 3. The highest BCUT2D eigenvalue weighted by atomic mass is 19.1. The van der Waals surface area contributed by atoms with Crippen molar-refractivity contribution in [3.05, 3.63) is 41.3 Å². The molecule has 0 fully saturated rings. The van der Waals surface area contributed by atoms with Gasteiger partial charge >= 0.3 is 0 Å². The normalized spacial score (nSPS) is 12.9. The van der Waals surface area contributed by atoms with Gasteiger partial charge in [0, 0.05) is 11.1 Å². The molecule has 1 unspecified atom stereocenters. The lowest BCUT2D eigenvalue weighted by Crippen LogP contribution is -2.13. The smallest absolute Gasteiger partial charge is 0.149 e. The molecule has 0 bridgehead atoms. The van der Waals surface area contributed by atoms with E-state index in [4.69, 9.17) is 5.73 Å². The lowest BCUT2D eigenvalue weighted by atomic mass is 9.97. The second-order valence-corrected chi connectivity index (χ2v) is 4.60. The fourth-order valence-corrected chi connectivity index (χ4v) is 2.05. The quantitative estimate of drug-likeness (QED) is 0.883. The van der Waals surface area contributed by atoms with Crippen molar-refractivity contribution in [2.45, 2.75) is 20.3 Å². The molecule has 1 heterocycles. The molecule has 1 aromatic heterocycles. The van der Waals surface area contributed by atoms with Gasteiger partial charge in [-0.2, -0.15) is 0 Å². The Morgan fingerprint density at radius 3 is 2.88 bits per heavy atom. The van der Waals surface area contributed by atoms with Crippen molar-refractivity contribution in [2.24, 2.45) is 11.7 Å². The molecule has 0 aliphatic heterocycles. The minimum absolute atomic E-state index is 0.257. The van der Waals surface area contributed by atoms with Gasteiger partial charge in [-0.25, -0.2) is 4.39 Å². The first-order chi connectivity index (χ1) is 8.11. The Kier molecular flexibility index (Phi) is 3.38. The van der Waals surface area contributed by atoms with Crippen LogP contribution in [-0.4, -0.2) is 11.5 Å². The highest BCUT2D eigenvalue weighted by Crippen LogP contribution is 2.23. The Hall–Kier alpha value is -1.48. The van der Waals surface area contributed by atoms with Crippen LogP contribution in [0.25, 0.3) is 10.9 Å². The van der Waals surface area contributed by atoms with Gasteiger partial charge in [0.15, 0.2) is 0 Å². The maximum Gasteiger partial charge on any atom is 0.149 e. The van der Waals surface area contributed by atoms with Crippen molar-refractivity contribution >= 4 is 10.9 Å². The van der Waals surface area contributed by atoms with E-state index in [2.05, 4.69) is 11.9 Å². The van der Waals surface area contributed by atoms with Crippen LogP contribution in [0.1, 0.15) is 18.2 Å². The molecule has 0 saturated heterocycles. The minimum Gasteiger partial charge on any atom is -0.330 e. The molecular formula is C14H17FN2. The summed E-state index contributed by atoms with van der Waals surface area (Å²) in [5.41, 5.74) is 8.09. The van der Waals surface area contributed by atoms with Crippen LogP contribution in [0.3, 0.4) is 0 Å². The zero-order valence-electron chi connectivity index (χ0n) is 10.2. The first kappa shape index (κ1) is 12.0. The van der Waals surface area contributed by atoms with E-state index in [1.165, 1.54) is 6.07 Å². The van der Waals surface area contributed by atoms with Crippen molar-refractivity contribution in [1.29, 1.82) is 0 Å². The predicted molar refractivity (Wildman–Crippen MR) is 68.4 cm³/mol. The predicted octanol–water partition coefficient (Wildman–Crippen LogP) is 2.82. The summed E-state index contributed by atoms with van der Waals surface area (Å²) in [5, 5.41) is 0.899. The first-order valence-electron chi connectivity index (χ1n) is 5.86. The van der Waals surface area contributed by atoms with Crippen molar-refractivity contribution in [2.75, 3.05) is 6.54 Å². The van der Waals surface area contributed by atoms with Gasteiger partial charge in [0.25, 0.3) is 0 Å². The molecule has 3 heteroatoms. The first-order valence-corrected chi connectivity index (χ1v) is 5.86. The number of benzene rings is 1. The summed E-state index contributed by atoms with van der Waals surface area (Å²) in [6.45, 7) is 4.63. The molecular weight excluding hydrogens is 215 g/mol. The Labute approximate surface area is 101 Å². The maximum absolute atomic E-state index is 13.7. The van der Waals surface area contributed by atoms with Crippen molar-refractivity contribution in [3.8, 4) is 0 Å². The van der Waals surface area contributed by atoms with Gasteiger partial charge in [0.2, 0.25) is 0 Å². The van der Waals surface area contributed by atoms with Gasteiger partial charge in [0.1, 0.15) is 11.3 Å². The molecule has 0 radical (unpaired) electrons. The topological polar surface area (TPSA) is 38.9 Å². The molecule has 0 aliphatic carbocycles. The molecule has 0 spiro atoms. The van der Waals surface area contributed by atoms with E-state index >= 15 is 0 Å². The third kappa shape index (κ3) is 2.44. The lowest BCUT2D eigenvalue weighted by molar-refractivity contribution is 0.594. The van der Waals surface area contributed by atoms with Crippen LogP contribution in [0.15, 0.2) is 24.3 Å². The van der Waals surface area contributed by atoms with Gasteiger partial charge in [-0.05, 0) is 43.5 Å². The molecule has 2 rings (SSSR count). The number of hydrogen-bond acceptors (Lipinski definition) is 2. The second-order valence-electron chi connectivity index (χ2n) is 4.60. The molecule has 17 heavy (non-hydrogen) atoms. The average Bonchev–Trinajstić information content (AvgIpc) is 2.30. The average molecular weight is 232 g/mol. The van der Waals surface area contributed by atoms with Crippen molar-refractivity contribution in [1.82, 2.24) is 4.98 Å². The summed E-state index contributed by atoms with van der Waals surface area (Å²) in [6.07, 6.45) is 0.861. The summed E-state index contributed by atoms with van der Waals surface area (Å²) in [4.78, 5) is 4.26. The van der Waals surface area contributed by atoms with Crippen LogP contribution in [0.4, 0.5) is 4.39 Å². The molecule has 0 aliphatic rings. The van der Waals surface area contributed by atoms with E-state index < -0.39 is 0 Å². The van der Waals surface area contributed by atoms with Gasteiger partial charge in [-0.1, -0.05) is 19.1 Å². The zero-order chi connectivity index (χ0) is 12.4. The number of aromatic nitrogens is 1. The number of pyridine rings is 1. The molecule has 1 atom stereocenters. The fourth-order valence-electron chi connectivity index (χ4n) is 2.05. The summed E-state index contributed by atoms with van der Waals surface area (Å²) in [6, 6.07) is 7.12. The fraction of sp³-hybridized carbons (Fsp3) is 0.357. The van der Waals surface area contributed by atoms with Crippen LogP contribution >= 0.6 is 0 Å². The summed E-state index contributed by atoms with van der Waals surface area (Å²) < 4.78 is 13.7. The Balaban J connectivity index is 2.58. The summed E-state index contributed by atoms with van der Waals surface area (Å²) in [7, 11) is 0. The highest BCUT2D eigenvalue weighted by Gasteiger charge is 2.10. The summed E-state index contributed by atoms with van der Waals surface area (Å²) >= 11 is 0. The van der Waals surface area contributed by atoms with E-state index in [1.807, 2.05) is 19.1 Å². The number of fused-ring (bicyclic) bond motifs is 1. The lowest BCUT2D eigenvalue weighted by Gasteiger charge is -2.12. The molecule has 90 valence electrons. The van der Waals surface area contributed by atoms with Crippen molar-refractivity contribution in [3.63, 3.8) is 0 Å². The SMILES string of the molecule is Cc1cc(CC(C)CN)c2cccc(F)c2n1. The molecule has 2 nitrogen and oxygen atoms in total. The maximum atomic E-state index is 13.7. The second kappa shape index (κ2) is 4.80. The number of aryl methyl sites for hydroxylation is 1. The number of nitrogens with zero attached hydrogens (tertiary/aromatic N) is 1. The van der Waals surface area contributed by atoms with Crippen LogP contribution in [-0.2, 0) is 6.42 Å². The molecule has 1 aromatic carbocycles. The van der Waals surface area contributed by atoms with E-state index in [1.54, 1.807) is 6.07 Å². The third-order valence-corrected chi connectivity index (χ3v) is 2.97. The Morgan fingerprint density at radius 1 is 1.41 bits per heavy atom. The van der Waals surface area contributed by atoms with E-state index in [0.717, 1.165) is 23.1 Å². The standard InChI is InChI=1S/C14H17FN2/c1-9(8-16)6-11-7-10(2)17-14-12(11)4-3-5-13(14)15/h3-5,7,9H,6,8,16H2,1-2H3. The van der Waals surface area contributed by atoms with Crippen LogP contribution < -0.4 is 5.73 Å². The van der Waals surface area contributed by atoms with Crippen LogP contribution in [0, 0.1) is 18.7 Å². The van der Waals surface area contributed by atoms with Crippen LogP contribution in [0.2, 0.25) is 0 Å².